The van der Waals surface area contributed by atoms with Crippen LogP contribution < -0.4 is 0 Å². The third-order valence-electron chi connectivity index (χ3n) is 2.39. The highest BCUT2D eigenvalue weighted by Crippen LogP contribution is 2.22. The predicted molar refractivity (Wildman–Crippen MR) is 63.3 cm³/mol. The second kappa shape index (κ2) is 6.09. The lowest BCUT2D eigenvalue weighted by Crippen LogP contribution is -2.14. The van der Waals surface area contributed by atoms with Crippen molar-refractivity contribution in [2.75, 3.05) is 6.61 Å². The second-order valence-electron chi connectivity index (χ2n) is 3.19. The molecule has 0 radical (unpaired) electrons. The Morgan fingerprint density at radius 1 is 1.47 bits per heavy atom. The van der Waals surface area contributed by atoms with Crippen LogP contribution in [0.2, 0.25) is 5.15 Å². The van der Waals surface area contributed by atoms with Crippen molar-refractivity contribution in [1.29, 1.82) is 0 Å². The van der Waals surface area contributed by atoms with Crippen molar-refractivity contribution in [3.63, 3.8) is 0 Å². The van der Waals surface area contributed by atoms with E-state index in [1.54, 1.807) is 0 Å². The van der Waals surface area contributed by atoms with E-state index in [0.29, 0.717) is 11.8 Å². The first-order valence-electron chi connectivity index (χ1n) is 5.56. The maximum atomic E-state index is 5.89. The molecule has 0 bridgehead atoms. The number of hydrogen-bond donors (Lipinski definition) is 0. The van der Waals surface area contributed by atoms with E-state index in [1.807, 2.05) is 19.9 Å². The molecule has 2 rings (SSSR count). The number of fused-ring (bicyclic) bond motifs is 1. The Kier molecular flexibility index (Phi) is 5.06. The van der Waals surface area contributed by atoms with Crippen LogP contribution in [0.25, 0.3) is 0 Å². The number of nitrogens with zero attached hydrogens (tertiary/aromatic N) is 1. The van der Waals surface area contributed by atoms with E-state index in [0.717, 1.165) is 25.1 Å². The zero-order valence-corrected chi connectivity index (χ0v) is 10.4. The van der Waals surface area contributed by atoms with Gasteiger partial charge in [0, 0.05) is 0 Å². The first-order chi connectivity index (χ1) is 7.31. The Bertz CT molecular complexity index is 308. The number of pyridine rings is 1. The molecule has 84 valence electrons. The fraction of sp³-hybridized carbons (Fsp3) is 0.583. The zero-order chi connectivity index (χ0) is 11.3. The molecule has 1 aliphatic rings. The van der Waals surface area contributed by atoms with Crippen LogP contribution in [0.15, 0.2) is 6.07 Å². The van der Waals surface area contributed by atoms with Gasteiger partial charge in [0.15, 0.2) is 0 Å². The number of halogens is 1. The molecule has 2 nitrogen and oxygen atoms in total. The van der Waals surface area contributed by atoms with Gasteiger partial charge in [0.1, 0.15) is 5.15 Å². The van der Waals surface area contributed by atoms with Crippen molar-refractivity contribution in [2.45, 2.75) is 40.2 Å². The lowest BCUT2D eigenvalue weighted by molar-refractivity contribution is 0.107. The molecule has 1 aromatic rings. The van der Waals surface area contributed by atoms with Gasteiger partial charge in [0.25, 0.3) is 0 Å². The Labute approximate surface area is 96.6 Å². The summed E-state index contributed by atoms with van der Waals surface area (Å²) in [6.07, 6.45) is 1.99. The minimum absolute atomic E-state index is 0.584. The van der Waals surface area contributed by atoms with Crippen LogP contribution in [0.4, 0.5) is 0 Å². The highest BCUT2D eigenvalue weighted by atomic mass is 35.5. The molecule has 0 fully saturated rings. The van der Waals surface area contributed by atoms with E-state index >= 15 is 0 Å². The van der Waals surface area contributed by atoms with Gasteiger partial charge < -0.3 is 4.74 Å². The van der Waals surface area contributed by atoms with Gasteiger partial charge in [-0.15, -0.1) is 0 Å². The van der Waals surface area contributed by atoms with E-state index < -0.39 is 0 Å². The van der Waals surface area contributed by atoms with E-state index in [9.17, 15) is 0 Å². The summed E-state index contributed by atoms with van der Waals surface area (Å²) in [6, 6.07) is 1.96. The van der Waals surface area contributed by atoms with Crippen LogP contribution in [0.5, 0.6) is 0 Å². The van der Waals surface area contributed by atoms with E-state index in [2.05, 4.69) is 11.9 Å². The first kappa shape index (κ1) is 12.5. The van der Waals surface area contributed by atoms with Crippen LogP contribution in [-0.4, -0.2) is 11.6 Å². The van der Waals surface area contributed by atoms with Gasteiger partial charge in [0.05, 0.1) is 18.9 Å². The number of ether oxygens (including phenoxy) is 1. The van der Waals surface area contributed by atoms with Crippen LogP contribution in [0.1, 0.15) is 37.6 Å². The molecule has 0 saturated heterocycles. The second-order valence-corrected chi connectivity index (χ2v) is 3.57. The van der Waals surface area contributed by atoms with Crippen LogP contribution >= 0.6 is 11.6 Å². The fourth-order valence-corrected chi connectivity index (χ4v) is 1.96. The Hall–Kier alpha value is -0.600. The smallest absolute Gasteiger partial charge is 0.129 e. The molecular weight excluding hydrogens is 210 g/mol. The molecule has 0 aliphatic carbocycles. The molecule has 1 aliphatic heterocycles. The summed E-state index contributed by atoms with van der Waals surface area (Å²) < 4.78 is 5.33. The van der Waals surface area contributed by atoms with Crippen LogP contribution in [0, 0.1) is 0 Å². The van der Waals surface area contributed by atoms with E-state index in [1.165, 1.54) is 11.1 Å². The molecule has 0 amide bonds. The molecule has 15 heavy (non-hydrogen) atoms. The number of aryl methyl sites for hydroxylation is 1. The van der Waals surface area contributed by atoms with Crippen molar-refractivity contribution < 1.29 is 4.74 Å². The van der Waals surface area contributed by atoms with E-state index in [-0.39, 0.29) is 0 Å². The predicted octanol–water partition coefficient (Wildman–Crippen LogP) is 3.40. The van der Waals surface area contributed by atoms with Gasteiger partial charge in [-0.25, -0.2) is 4.98 Å². The number of aromatic nitrogens is 1. The molecule has 0 atom stereocenters. The van der Waals surface area contributed by atoms with Gasteiger partial charge in [-0.05, 0) is 30.0 Å². The molecule has 3 heteroatoms. The average Bonchev–Trinajstić information content (AvgIpc) is 2.30. The van der Waals surface area contributed by atoms with Gasteiger partial charge in [0.2, 0.25) is 0 Å². The standard InChI is InChI=1S/C10H12ClNO.C2H6/c1-2-7-5-10(11)12-9-6-13-4-3-8(7)9;1-2/h5H,2-4,6H2,1H3;1-2H3. The molecule has 0 N–H and O–H groups in total. The normalized spacial score (nSPS) is 13.9. The lowest BCUT2D eigenvalue weighted by Gasteiger charge is -2.18. The third-order valence-corrected chi connectivity index (χ3v) is 2.58. The first-order valence-corrected chi connectivity index (χ1v) is 5.94. The summed E-state index contributed by atoms with van der Waals surface area (Å²) in [7, 11) is 0. The molecular formula is C12H18ClNO. The van der Waals surface area contributed by atoms with Crippen molar-refractivity contribution in [1.82, 2.24) is 4.98 Å². The quantitative estimate of drug-likeness (QED) is 0.686. The van der Waals surface area contributed by atoms with Crippen LogP contribution in [-0.2, 0) is 24.2 Å². The topological polar surface area (TPSA) is 22.1 Å². The summed E-state index contributed by atoms with van der Waals surface area (Å²) in [5, 5.41) is 0.584. The molecule has 2 heterocycles. The van der Waals surface area contributed by atoms with Crippen molar-refractivity contribution in [3.8, 4) is 0 Å². The molecule has 0 spiro atoms. The maximum absolute atomic E-state index is 5.89. The third kappa shape index (κ3) is 2.93. The highest BCUT2D eigenvalue weighted by Gasteiger charge is 2.14. The fourth-order valence-electron chi connectivity index (χ4n) is 1.73. The Balaban J connectivity index is 0.000000531. The Morgan fingerprint density at radius 2 is 2.20 bits per heavy atom. The largest absolute Gasteiger partial charge is 0.375 e. The van der Waals surface area contributed by atoms with Crippen molar-refractivity contribution in [3.05, 3.63) is 28.0 Å². The van der Waals surface area contributed by atoms with Gasteiger partial charge in [-0.3, -0.25) is 0 Å². The summed E-state index contributed by atoms with van der Waals surface area (Å²) in [4.78, 5) is 4.26. The highest BCUT2D eigenvalue weighted by molar-refractivity contribution is 6.29. The number of hydrogen-bond acceptors (Lipinski definition) is 2. The number of rotatable bonds is 1. The Morgan fingerprint density at radius 3 is 2.87 bits per heavy atom. The molecule has 1 aromatic heterocycles. The minimum Gasteiger partial charge on any atom is -0.375 e. The SMILES string of the molecule is CC.CCc1cc(Cl)nc2c1CCOC2. The van der Waals surface area contributed by atoms with E-state index in [4.69, 9.17) is 16.3 Å². The maximum Gasteiger partial charge on any atom is 0.129 e. The summed E-state index contributed by atoms with van der Waals surface area (Å²) in [5.74, 6) is 0. The summed E-state index contributed by atoms with van der Waals surface area (Å²) >= 11 is 5.89. The minimum atomic E-state index is 0.584. The molecule has 0 unspecified atom stereocenters. The molecule has 0 aromatic carbocycles. The van der Waals surface area contributed by atoms with Crippen molar-refractivity contribution >= 4 is 11.6 Å². The van der Waals surface area contributed by atoms with Gasteiger partial charge >= 0.3 is 0 Å². The summed E-state index contributed by atoms with van der Waals surface area (Å²) in [5.41, 5.74) is 3.69. The lowest BCUT2D eigenvalue weighted by atomic mass is 10.0. The van der Waals surface area contributed by atoms with Gasteiger partial charge in [-0.2, -0.15) is 0 Å². The van der Waals surface area contributed by atoms with Crippen molar-refractivity contribution in [2.24, 2.45) is 0 Å². The van der Waals surface area contributed by atoms with Gasteiger partial charge in [-0.1, -0.05) is 32.4 Å². The monoisotopic (exact) mass is 227 g/mol. The average molecular weight is 228 g/mol. The molecule has 0 saturated carbocycles. The zero-order valence-electron chi connectivity index (χ0n) is 9.64. The van der Waals surface area contributed by atoms with Crippen LogP contribution in [0.3, 0.4) is 0 Å². The summed E-state index contributed by atoms with van der Waals surface area (Å²) in [6.45, 7) is 7.56.